The van der Waals surface area contributed by atoms with Crippen molar-refractivity contribution >= 4 is 0 Å². The first-order chi connectivity index (χ1) is 12.2. The van der Waals surface area contributed by atoms with Crippen molar-refractivity contribution in [1.29, 1.82) is 0 Å². The summed E-state index contributed by atoms with van der Waals surface area (Å²) in [7, 11) is 4.45. The molecule has 0 radical (unpaired) electrons. The average molecular weight is 360 g/mol. The molecular weight excluding hydrogens is 316 g/mol. The number of benzene rings is 1. The van der Waals surface area contributed by atoms with Gasteiger partial charge in [-0.25, -0.2) is 0 Å². The van der Waals surface area contributed by atoms with Gasteiger partial charge in [-0.3, -0.25) is 0 Å². The fourth-order valence-electron chi connectivity index (χ4n) is 5.18. The minimum absolute atomic E-state index is 0.319. The van der Waals surface area contributed by atoms with Gasteiger partial charge in [-0.1, -0.05) is 45.0 Å². The fraction of sp³-hybridized carbons (Fsp3) is 0.750. The summed E-state index contributed by atoms with van der Waals surface area (Å²) in [4.78, 5) is 2.38. The first kappa shape index (κ1) is 21.4. The van der Waals surface area contributed by atoms with Crippen LogP contribution in [0.2, 0.25) is 0 Å². The standard InChI is InChI=1S/C24H43N2/c1-20(2)23-13-11-22(12-14-23)17-21(3)18-26(15-9-8-10-16-26)24(4,5)19-25(6)7/h11-14,20-21H,8-10,15-19H2,1-7H3/q+1. The quantitative estimate of drug-likeness (QED) is 0.567. The second-order valence-electron chi connectivity index (χ2n) is 10.1. The lowest BCUT2D eigenvalue weighted by Crippen LogP contribution is -2.68. The van der Waals surface area contributed by atoms with Crippen LogP contribution in [0, 0.1) is 5.92 Å². The predicted molar refractivity (Wildman–Crippen MR) is 115 cm³/mol. The van der Waals surface area contributed by atoms with Crippen molar-refractivity contribution < 1.29 is 4.48 Å². The number of hydrogen-bond acceptors (Lipinski definition) is 1. The molecule has 0 spiro atoms. The molecule has 1 aromatic rings. The van der Waals surface area contributed by atoms with Gasteiger partial charge in [0.25, 0.3) is 0 Å². The van der Waals surface area contributed by atoms with Crippen LogP contribution in [0.25, 0.3) is 0 Å². The number of hydrogen-bond donors (Lipinski definition) is 0. The first-order valence-corrected chi connectivity index (χ1v) is 10.7. The minimum atomic E-state index is 0.319. The second-order valence-corrected chi connectivity index (χ2v) is 10.1. The molecule has 0 aromatic heterocycles. The SMILES string of the molecule is CC(Cc1ccc(C(C)C)cc1)C[N+]1(C(C)(C)CN(C)C)CCCCC1. The Hall–Kier alpha value is -0.860. The Morgan fingerprint density at radius 1 is 0.962 bits per heavy atom. The lowest BCUT2D eigenvalue weighted by atomic mass is 9.89. The number of nitrogens with zero attached hydrogens (tertiary/aromatic N) is 2. The van der Waals surface area contributed by atoms with E-state index < -0.39 is 0 Å². The summed E-state index contributed by atoms with van der Waals surface area (Å²) >= 11 is 0. The van der Waals surface area contributed by atoms with E-state index >= 15 is 0 Å². The zero-order valence-electron chi connectivity index (χ0n) is 18.5. The van der Waals surface area contributed by atoms with Gasteiger partial charge in [0.2, 0.25) is 0 Å². The summed E-state index contributed by atoms with van der Waals surface area (Å²) in [5.74, 6) is 1.34. The Morgan fingerprint density at radius 3 is 2.04 bits per heavy atom. The minimum Gasteiger partial charge on any atom is -0.318 e. The molecule has 1 aromatic carbocycles. The maximum Gasteiger partial charge on any atom is 0.106 e. The van der Waals surface area contributed by atoms with E-state index in [4.69, 9.17) is 0 Å². The van der Waals surface area contributed by atoms with Crippen molar-refractivity contribution in [3.63, 3.8) is 0 Å². The molecule has 26 heavy (non-hydrogen) atoms. The molecule has 2 heteroatoms. The molecule has 148 valence electrons. The number of rotatable bonds is 8. The summed E-state index contributed by atoms with van der Waals surface area (Å²) in [6.45, 7) is 17.2. The molecule has 0 N–H and O–H groups in total. The van der Waals surface area contributed by atoms with Crippen molar-refractivity contribution in [2.24, 2.45) is 5.92 Å². The van der Waals surface area contributed by atoms with E-state index in [1.54, 1.807) is 0 Å². The number of piperidine rings is 1. The Bertz CT molecular complexity index is 536. The third kappa shape index (κ3) is 5.33. The van der Waals surface area contributed by atoms with Crippen LogP contribution in [0.5, 0.6) is 0 Å². The van der Waals surface area contributed by atoms with E-state index in [0.717, 1.165) is 5.92 Å². The predicted octanol–water partition coefficient (Wildman–Crippen LogP) is 5.33. The average Bonchev–Trinajstić information content (AvgIpc) is 2.54. The smallest absolute Gasteiger partial charge is 0.106 e. The summed E-state index contributed by atoms with van der Waals surface area (Å²) in [6, 6.07) is 9.37. The van der Waals surface area contributed by atoms with E-state index in [0.29, 0.717) is 11.5 Å². The van der Waals surface area contributed by atoms with Crippen molar-refractivity contribution in [3.8, 4) is 0 Å². The maximum absolute atomic E-state index is 2.50. The number of likely N-dealkylation sites (N-methyl/N-ethyl adjacent to an activating group) is 1. The molecule has 1 atom stereocenters. The van der Waals surface area contributed by atoms with Crippen molar-refractivity contribution in [2.45, 2.75) is 71.8 Å². The highest BCUT2D eigenvalue weighted by atomic mass is 15.4. The summed E-state index contributed by atoms with van der Waals surface area (Å²) in [5, 5.41) is 0. The van der Waals surface area contributed by atoms with Crippen LogP contribution >= 0.6 is 0 Å². The highest BCUT2D eigenvalue weighted by Gasteiger charge is 2.45. The molecule has 0 bridgehead atoms. The van der Waals surface area contributed by atoms with Crippen molar-refractivity contribution in [2.75, 3.05) is 40.3 Å². The Labute approximate surface area is 163 Å². The maximum atomic E-state index is 2.50. The van der Waals surface area contributed by atoms with Gasteiger partial charge >= 0.3 is 0 Å². The fourth-order valence-corrected chi connectivity index (χ4v) is 5.18. The largest absolute Gasteiger partial charge is 0.318 e. The van der Waals surface area contributed by atoms with Gasteiger partial charge in [0, 0.05) is 5.92 Å². The lowest BCUT2D eigenvalue weighted by Gasteiger charge is -2.54. The zero-order valence-corrected chi connectivity index (χ0v) is 18.5. The van der Waals surface area contributed by atoms with Gasteiger partial charge in [0.1, 0.15) is 5.54 Å². The molecule has 2 rings (SSSR count). The van der Waals surface area contributed by atoms with Gasteiger partial charge in [0.05, 0.1) is 26.2 Å². The van der Waals surface area contributed by atoms with Crippen molar-refractivity contribution in [3.05, 3.63) is 35.4 Å². The van der Waals surface area contributed by atoms with Gasteiger partial charge in [-0.15, -0.1) is 0 Å². The molecule has 1 fully saturated rings. The third-order valence-corrected chi connectivity index (χ3v) is 6.55. The third-order valence-electron chi connectivity index (χ3n) is 6.55. The monoisotopic (exact) mass is 359 g/mol. The van der Waals surface area contributed by atoms with Crippen LogP contribution < -0.4 is 0 Å². The van der Waals surface area contributed by atoms with Crippen LogP contribution in [0.3, 0.4) is 0 Å². The van der Waals surface area contributed by atoms with E-state index in [-0.39, 0.29) is 0 Å². The van der Waals surface area contributed by atoms with Crippen LogP contribution in [0.1, 0.15) is 70.9 Å². The lowest BCUT2D eigenvalue weighted by molar-refractivity contribution is -0.978. The normalized spacial score (nSPS) is 19.1. The van der Waals surface area contributed by atoms with Crippen LogP contribution in [-0.4, -0.2) is 55.2 Å². The van der Waals surface area contributed by atoms with Crippen LogP contribution in [0.15, 0.2) is 24.3 Å². The molecule has 0 aliphatic carbocycles. The molecular formula is C24H43N2+. The van der Waals surface area contributed by atoms with Crippen LogP contribution in [-0.2, 0) is 6.42 Å². The number of quaternary nitrogens is 1. The molecule has 1 aliphatic rings. The van der Waals surface area contributed by atoms with E-state index in [1.165, 1.54) is 67.5 Å². The Morgan fingerprint density at radius 2 is 1.54 bits per heavy atom. The second kappa shape index (κ2) is 8.89. The Kier molecular flexibility index (Phi) is 7.33. The van der Waals surface area contributed by atoms with E-state index in [2.05, 4.69) is 77.9 Å². The first-order valence-electron chi connectivity index (χ1n) is 10.7. The topological polar surface area (TPSA) is 3.24 Å². The van der Waals surface area contributed by atoms with Gasteiger partial charge in [-0.05, 0) is 70.7 Å². The van der Waals surface area contributed by atoms with Crippen molar-refractivity contribution in [1.82, 2.24) is 4.90 Å². The van der Waals surface area contributed by atoms with Crippen LogP contribution in [0.4, 0.5) is 0 Å². The van der Waals surface area contributed by atoms with E-state index in [9.17, 15) is 0 Å². The molecule has 0 saturated carbocycles. The van der Waals surface area contributed by atoms with Gasteiger partial charge < -0.3 is 9.38 Å². The molecule has 1 unspecified atom stereocenters. The Balaban J connectivity index is 2.09. The molecule has 1 heterocycles. The number of likely N-dealkylation sites (tertiary alicyclic amines) is 1. The highest BCUT2D eigenvalue weighted by Crippen LogP contribution is 2.33. The van der Waals surface area contributed by atoms with Gasteiger partial charge in [0.15, 0.2) is 0 Å². The summed E-state index contributed by atoms with van der Waals surface area (Å²) < 4.78 is 1.30. The van der Waals surface area contributed by atoms with E-state index in [1.807, 2.05) is 0 Å². The molecule has 0 amide bonds. The highest BCUT2D eigenvalue weighted by molar-refractivity contribution is 5.24. The molecule has 1 aliphatic heterocycles. The van der Waals surface area contributed by atoms with Gasteiger partial charge in [-0.2, -0.15) is 0 Å². The molecule has 1 saturated heterocycles. The summed E-state index contributed by atoms with van der Waals surface area (Å²) in [5.41, 5.74) is 3.27. The zero-order chi connectivity index (χ0) is 19.4. The summed E-state index contributed by atoms with van der Waals surface area (Å²) in [6.07, 6.45) is 5.42. The molecule has 2 nitrogen and oxygen atoms in total.